The summed E-state index contributed by atoms with van der Waals surface area (Å²) in [5, 5.41) is 182. The molecule has 4 saturated heterocycles. The summed E-state index contributed by atoms with van der Waals surface area (Å²) in [6.45, 7) is -22.0. The van der Waals surface area contributed by atoms with Crippen molar-refractivity contribution in [3.63, 3.8) is 0 Å². The van der Waals surface area contributed by atoms with Crippen LogP contribution in [0.2, 0.25) is 0 Å². The molecule has 127 heavy (non-hydrogen) atoms. The van der Waals surface area contributed by atoms with Gasteiger partial charge in [-0.25, -0.2) is 36.5 Å². The topological polar surface area (TPSA) is 971 Å². The smallest absolute Gasteiger partial charge is 0.394 e. The first-order valence-electron chi connectivity index (χ1n) is 36.7. The Morgan fingerprint density at radius 1 is 0.299 bits per heavy atom. The van der Waals surface area contributed by atoms with E-state index >= 15 is 0 Å². The van der Waals surface area contributed by atoms with Crippen molar-refractivity contribution < 1.29 is 292 Å². The molecule has 750 valence electrons. The van der Waals surface area contributed by atoms with E-state index in [1.807, 2.05) is 0 Å². The molecule has 4 rings (SSSR count). The number of hydrogen-bond donors (Lipinski definition) is 29. The fourth-order valence-electron chi connectivity index (χ4n) is 10.7. The van der Waals surface area contributed by atoms with Crippen molar-refractivity contribution >= 4 is 80.3 Å². The third-order valence-electron chi connectivity index (χ3n) is 16.7. The van der Waals surface area contributed by atoms with Gasteiger partial charge in [-0.3, -0.25) is 82.2 Å². The zero-order valence-electron chi connectivity index (χ0n) is 66.8. The van der Waals surface area contributed by atoms with E-state index in [1.165, 1.54) is 0 Å². The maximum absolute atomic E-state index is 13.2. The average Bonchev–Trinajstić information content (AvgIpc) is 0.784. The van der Waals surface area contributed by atoms with Crippen molar-refractivity contribution in [3.8, 4) is 0 Å². The molecule has 0 bridgehead atoms. The highest BCUT2D eigenvalue weighted by Crippen LogP contribution is 2.51. The molecule has 0 radical (unpaired) electrons. The molecular weight excluding hydrogens is 1930 g/mol. The lowest BCUT2D eigenvalue weighted by atomic mass is 9.95. The van der Waals surface area contributed by atoms with Crippen LogP contribution in [0.5, 0.6) is 0 Å². The summed E-state index contributed by atoms with van der Waals surface area (Å²) < 4.78 is 222. The second kappa shape index (κ2) is 54.4. The van der Waals surface area contributed by atoms with Crippen molar-refractivity contribution in [2.75, 3.05) is 139 Å². The van der Waals surface area contributed by atoms with E-state index in [2.05, 4.69) is 47.6 Å². The molecule has 72 heteroatoms. The number of phosphoric ester groups is 8. The van der Waals surface area contributed by atoms with Gasteiger partial charge in [-0.15, -0.1) is 0 Å². The molecule has 0 aromatic carbocycles. The minimum Gasteiger partial charge on any atom is -0.394 e. The van der Waals surface area contributed by atoms with E-state index in [4.69, 9.17) is 93.7 Å². The van der Waals surface area contributed by atoms with Crippen molar-refractivity contribution in [2.45, 2.75) is 192 Å². The number of phosphoric acid groups is 8. The van der Waals surface area contributed by atoms with Crippen molar-refractivity contribution in [2.24, 2.45) is 0 Å². The minimum atomic E-state index is -5.64. The highest BCUT2D eigenvalue weighted by molar-refractivity contribution is 7.49. The third kappa shape index (κ3) is 42.8. The van der Waals surface area contributed by atoms with E-state index in [0.717, 1.165) is 27.9 Å². The SMILES string of the molecule is CO[C@H]1[C@@H](O)[C@@H](CO)O[C@@H](O[C@H]2[C@@H](O)[C@@H](CO)O[C@H](O[C@H](COP(=O)(O)OC[C@H](O)COP(=O)(O)OC[C@H](O)COP(=O)(O)OC[C@@H](COP(=O)(O)OC[C@H](O)COP(=O)(O)OC[C@@H](COP(=O)(O)OC[C@H](O)COP(=O)(O)O)O[C@H]3O[C@H](CO)[C@H](O)[C@H](O)[C@H]3NC(C)=O)O[C@H]3O[C@H](CO)[C@H](O)[C@H](O)[C@H]3NC(C)=O)COP(=O)(O)OC[C@@H](O)CO)[C@@H]2NC(C)=O)[C@@H]1O. The Labute approximate surface area is 717 Å². The van der Waals surface area contributed by atoms with Gasteiger partial charge in [0.1, 0.15) is 146 Å². The lowest BCUT2D eigenvalue weighted by Gasteiger charge is -2.48. The zero-order valence-corrected chi connectivity index (χ0v) is 74.0. The molecule has 4 fully saturated rings. The lowest BCUT2D eigenvalue weighted by molar-refractivity contribution is -0.349. The molecule has 7 unspecified atom stereocenters. The van der Waals surface area contributed by atoms with Gasteiger partial charge in [-0.1, -0.05) is 0 Å². The van der Waals surface area contributed by atoms with Crippen molar-refractivity contribution in [1.29, 1.82) is 0 Å². The van der Waals surface area contributed by atoms with Crippen molar-refractivity contribution in [1.82, 2.24) is 16.0 Å². The highest BCUT2D eigenvalue weighted by atomic mass is 31.2. The van der Waals surface area contributed by atoms with Crippen LogP contribution in [0.3, 0.4) is 0 Å². The number of aliphatic hydroxyl groups is 17. The second-order valence-corrected chi connectivity index (χ2v) is 38.7. The van der Waals surface area contributed by atoms with Crippen LogP contribution in [-0.2, 0) is 161 Å². The largest absolute Gasteiger partial charge is 0.472 e. The molecule has 64 nitrogen and oxygen atoms in total. The van der Waals surface area contributed by atoms with Gasteiger partial charge in [0, 0.05) is 27.9 Å². The van der Waals surface area contributed by atoms with Crippen LogP contribution in [0.4, 0.5) is 0 Å². The first-order chi connectivity index (χ1) is 58.8. The van der Waals surface area contributed by atoms with Crippen molar-refractivity contribution in [3.05, 3.63) is 0 Å². The molecule has 0 aromatic heterocycles. The first-order valence-corrected chi connectivity index (χ1v) is 48.6. The molecule has 0 aliphatic carbocycles. The number of nitrogens with one attached hydrogen (secondary N) is 3. The Hall–Kier alpha value is -1.75. The maximum Gasteiger partial charge on any atom is 0.472 e. The molecule has 0 saturated carbocycles. The highest BCUT2D eigenvalue weighted by Gasteiger charge is 2.54. The molecule has 3 amide bonds. The van der Waals surface area contributed by atoms with Crippen LogP contribution >= 0.6 is 62.6 Å². The normalized spacial score (nSPS) is 32.1. The number of hydrogen-bond acceptors (Lipinski definition) is 52. The van der Waals surface area contributed by atoms with Crippen LogP contribution in [0, 0.1) is 0 Å². The number of aliphatic hydroxyl groups excluding tert-OH is 17. The summed E-state index contributed by atoms with van der Waals surface area (Å²) in [5.41, 5.74) is 0. The third-order valence-corrected chi connectivity index (χ3v) is 23.9. The first kappa shape index (κ1) is 118. The van der Waals surface area contributed by atoms with E-state index in [1.54, 1.807) is 0 Å². The summed E-state index contributed by atoms with van der Waals surface area (Å²) in [7, 11) is -42.7. The van der Waals surface area contributed by atoms with Crippen LogP contribution in [0.1, 0.15) is 20.8 Å². The number of amides is 3. The van der Waals surface area contributed by atoms with Gasteiger partial charge < -0.3 is 189 Å². The monoisotopic (exact) mass is 2040 g/mol. The number of rotatable bonds is 62. The van der Waals surface area contributed by atoms with E-state index < -0.39 is 384 Å². The van der Waals surface area contributed by atoms with Gasteiger partial charge >= 0.3 is 62.6 Å². The summed E-state index contributed by atoms with van der Waals surface area (Å²) in [4.78, 5) is 128. The van der Waals surface area contributed by atoms with Gasteiger partial charge in [-0.05, 0) is 0 Å². The summed E-state index contributed by atoms with van der Waals surface area (Å²) in [6, 6.07) is -5.42. The van der Waals surface area contributed by atoms with Gasteiger partial charge in [0.25, 0.3) is 0 Å². The Bertz CT molecular complexity index is 3700. The summed E-state index contributed by atoms with van der Waals surface area (Å²) in [6.07, 6.45) is -48.3. The molecule has 4 aliphatic rings. The fraction of sp³-hybridized carbons (Fsp3) is 0.945. The average molecular weight is 2040 g/mol. The van der Waals surface area contributed by atoms with Gasteiger partial charge in [0.05, 0.1) is 132 Å². The van der Waals surface area contributed by atoms with E-state index in [9.17, 15) is 167 Å². The fourth-order valence-corrected chi connectivity index (χ4v) is 16.6. The zero-order chi connectivity index (χ0) is 96.1. The van der Waals surface area contributed by atoms with E-state index in [0.29, 0.717) is 0 Å². The molecular formula is C55H109N3O61P8. The second-order valence-electron chi connectivity index (χ2n) is 27.2. The Balaban J connectivity index is 1.39. The molecule has 0 aromatic rings. The van der Waals surface area contributed by atoms with Gasteiger partial charge in [0.2, 0.25) is 17.7 Å². The van der Waals surface area contributed by atoms with Gasteiger partial charge in [0.15, 0.2) is 25.2 Å². The lowest BCUT2D eigenvalue weighted by Crippen LogP contribution is -2.68. The van der Waals surface area contributed by atoms with Crippen LogP contribution in [0.25, 0.3) is 0 Å². The summed E-state index contributed by atoms with van der Waals surface area (Å²) >= 11 is 0. The Morgan fingerprint density at radius 3 is 0.764 bits per heavy atom. The number of methoxy groups -OCH3 is 1. The number of carbonyl (C=O) groups is 3. The molecule has 0 spiro atoms. The molecule has 29 N–H and O–H groups in total. The van der Waals surface area contributed by atoms with E-state index in [-0.39, 0.29) is 0 Å². The number of ether oxygens (including phenoxy) is 9. The van der Waals surface area contributed by atoms with Gasteiger partial charge in [-0.2, -0.15) is 0 Å². The standard InChI is InChI=1S/C55H109N3O61P8/c1-25(64)56-40-47(76)43(72)36(6-60)115-52(40)112-33(19-107-123(86,87)101-12-29(68)11-97-120(79,80)81)20-109-125(90,91)104-17-32(71)18-105-126(92,93)110-22-34(113-53-41(57-26(2)65)48(77)44(73)37(7-61)116-53)21-108-124(88,89)102-15-30(69)13-99-121(82,83)100-14-31(70)16-103-127(94,95)111-24-35(23-106-122(84,85)98-10-28(67)5-59)114-54-42(58-27(3)66)50(45(74)38(8-62)117-54)119-55-49(78)51(96-4)46(75)39(9-63)118-55/h28-55,59-63,67-78H,5-24H2,1-4H3,(H,56,64)(H,57,65)(H,58,66)(H,82,83)(H,84,85)(H,86,87)(H,88,89)(H,90,91)(H,92,93)(H,94,95)(H2,79,80,81)/t28-,29+,30-,31+,32+,33+,34-,35-,36+,37+,38+,39+,40+,41+,42+,43-,44-,45-,46-,47+,48+,49+,50+,51-,52-,53-,54-,55-/m0/s1. The minimum absolute atomic E-state index is 0.887. The Kier molecular flexibility index (Phi) is 50.4. The molecule has 35 atom stereocenters. The summed E-state index contributed by atoms with van der Waals surface area (Å²) in [5.74, 6) is -2.77. The van der Waals surface area contributed by atoms with Crippen LogP contribution < -0.4 is 16.0 Å². The predicted octanol–water partition coefficient (Wildman–Crippen LogP) is -12.7. The van der Waals surface area contributed by atoms with Crippen LogP contribution in [0.15, 0.2) is 0 Å². The predicted molar refractivity (Wildman–Crippen MR) is 395 cm³/mol. The Morgan fingerprint density at radius 2 is 0.520 bits per heavy atom. The molecule has 4 aliphatic heterocycles. The molecule has 4 heterocycles. The van der Waals surface area contributed by atoms with Crippen LogP contribution in [-0.4, -0.2) is 459 Å². The number of carbonyl (C=O) groups excluding carboxylic acids is 3. The quantitative estimate of drug-likeness (QED) is 0.0251. The maximum atomic E-state index is 13.2.